The van der Waals surface area contributed by atoms with Crippen LogP contribution < -0.4 is 5.73 Å². The first-order valence-electron chi connectivity index (χ1n) is 6.24. The fraction of sp³-hybridized carbons (Fsp3) is 0.0667. The van der Waals surface area contributed by atoms with Crippen molar-refractivity contribution >= 4 is 11.5 Å². The average molecular weight is 278 g/mol. The van der Waals surface area contributed by atoms with Crippen LogP contribution in [0, 0.1) is 21.4 Å². The highest BCUT2D eigenvalue weighted by atomic mass is 16.6. The predicted octanol–water partition coefficient (Wildman–Crippen LogP) is 2.32. The van der Waals surface area contributed by atoms with E-state index in [1.165, 1.54) is 12.1 Å². The van der Waals surface area contributed by atoms with Crippen molar-refractivity contribution in [3.8, 4) is 6.07 Å². The third kappa shape index (κ3) is 2.01. The van der Waals surface area contributed by atoms with Crippen LogP contribution in [0.15, 0.2) is 64.3 Å². The van der Waals surface area contributed by atoms with Gasteiger partial charge in [-0.1, -0.05) is 24.3 Å². The van der Waals surface area contributed by atoms with Crippen molar-refractivity contribution < 1.29 is 4.92 Å². The second-order valence-electron chi connectivity index (χ2n) is 4.66. The number of fused-ring (bicyclic) bond motifs is 1. The maximum atomic E-state index is 10.9. The van der Waals surface area contributed by atoms with Gasteiger partial charge in [0.2, 0.25) is 0 Å². The van der Waals surface area contributed by atoms with Crippen LogP contribution in [0.3, 0.4) is 0 Å². The number of rotatable bonds is 2. The molecule has 21 heavy (non-hydrogen) atoms. The van der Waals surface area contributed by atoms with Gasteiger partial charge in [0.15, 0.2) is 0 Å². The lowest BCUT2D eigenvalue weighted by molar-refractivity contribution is -0.384. The van der Waals surface area contributed by atoms with Crippen molar-refractivity contribution in [3.05, 3.63) is 75.0 Å². The van der Waals surface area contributed by atoms with E-state index >= 15 is 0 Å². The van der Waals surface area contributed by atoms with E-state index in [1.54, 1.807) is 18.2 Å². The van der Waals surface area contributed by atoms with E-state index in [0.29, 0.717) is 16.8 Å². The number of nitro benzene ring substituents is 1. The zero-order valence-corrected chi connectivity index (χ0v) is 10.9. The van der Waals surface area contributed by atoms with E-state index in [0.717, 1.165) is 5.56 Å². The summed E-state index contributed by atoms with van der Waals surface area (Å²) in [5, 5.41) is 20.2. The van der Waals surface area contributed by atoms with Crippen molar-refractivity contribution in [1.82, 2.24) is 0 Å². The normalized spacial score (nSPS) is 19.7. The van der Waals surface area contributed by atoms with E-state index in [9.17, 15) is 15.4 Å². The molecule has 0 spiro atoms. The molecular weight excluding hydrogens is 268 g/mol. The maximum absolute atomic E-state index is 10.9. The Morgan fingerprint density at radius 1 is 1.43 bits per heavy atom. The number of nitro groups is 1. The van der Waals surface area contributed by atoms with E-state index in [-0.39, 0.29) is 17.4 Å². The molecule has 0 radical (unpaired) electrons. The van der Waals surface area contributed by atoms with Crippen molar-refractivity contribution in [2.45, 2.75) is 5.92 Å². The summed E-state index contributed by atoms with van der Waals surface area (Å²) in [5.74, 6) is -0.0674. The first kappa shape index (κ1) is 12.8. The summed E-state index contributed by atoms with van der Waals surface area (Å²) in [6.45, 7) is 0. The second-order valence-corrected chi connectivity index (χ2v) is 4.66. The molecule has 0 saturated carbocycles. The third-order valence-corrected chi connectivity index (χ3v) is 3.46. The summed E-state index contributed by atoms with van der Waals surface area (Å²) in [4.78, 5) is 14.6. The molecule has 102 valence electrons. The number of benzene rings is 1. The molecule has 0 aromatic heterocycles. The summed E-state index contributed by atoms with van der Waals surface area (Å²) >= 11 is 0. The Balaban J connectivity index is 2.12. The van der Waals surface area contributed by atoms with Gasteiger partial charge < -0.3 is 5.73 Å². The molecule has 0 amide bonds. The number of amidine groups is 1. The minimum absolute atomic E-state index is 0.0167. The fourth-order valence-electron chi connectivity index (χ4n) is 2.53. The van der Waals surface area contributed by atoms with Gasteiger partial charge in [0.1, 0.15) is 17.5 Å². The minimum Gasteiger partial charge on any atom is -0.383 e. The summed E-state index contributed by atoms with van der Waals surface area (Å²) in [6.07, 6.45) is 5.48. The molecule has 0 fully saturated rings. The van der Waals surface area contributed by atoms with Crippen LogP contribution in [-0.4, -0.2) is 10.8 Å². The predicted molar refractivity (Wildman–Crippen MR) is 77.3 cm³/mol. The van der Waals surface area contributed by atoms with Gasteiger partial charge in [-0.25, -0.2) is 4.99 Å². The Bertz CT molecular complexity index is 809. The van der Waals surface area contributed by atoms with E-state index in [4.69, 9.17) is 5.73 Å². The highest BCUT2D eigenvalue weighted by molar-refractivity contribution is 6.06. The van der Waals surface area contributed by atoms with Crippen LogP contribution in [0.4, 0.5) is 5.69 Å². The number of nitriles is 1. The van der Waals surface area contributed by atoms with Crippen LogP contribution >= 0.6 is 0 Å². The van der Waals surface area contributed by atoms with E-state index in [2.05, 4.69) is 11.1 Å². The summed E-state index contributed by atoms with van der Waals surface area (Å²) in [7, 11) is 0. The van der Waals surface area contributed by atoms with Gasteiger partial charge >= 0.3 is 0 Å². The van der Waals surface area contributed by atoms with Gasteiger partial charge in [0.05, 0.1) is 10.6 Å². The molecule has 1 atom stereocenters. The smallest absolute Gasteiger partial charge is 0.269 e. The summed E-state index contributed by atoms with van der Waals surface area (Å²) in [5.41, 5.74) is 8.20. The Morgan fingerprint density at radius 3 is 2.95 bits per heavy atom. The molecule has 0 bridgehead atoms. The lowest BCUT2D eigenvalue weighted by atomic mass is 9.84. The van der Waals surface area contributed by atoms with Crippen molar-refractivity contribution in [3.63, 3.8) is 0 Å². The monoisotopic (exact) mass is 278 g/mol. The first-order chi connectivity index (χ1) is 10.1. The molecule has 0 saturated heterocycles. The number of allylic oxidation sites excluding steroid dienone is 4. The van der Waals surface area contributed by atoms with Gasteiger partial charge in [-0.3, -0.25) is 10.1 Å². The Morgan fingerprint density at radius 2 is 2.24 bits per heavy atom. The molecule has 1 unspecified atom stereocenters. The van der Waals surface area contributed by atoms with Crippen molar-refractivity contribution in [1.29, 1.82) is 5.26 Å². The third-order valence-electron chi connectivity index (χ3n) is 3.46. The highest BCUT2D eigenvalue weighted by Gasteiger charge is 2.30. The zero-order valence-electron chi connectivity index (χ0n) is 10.9. The van der Waals surface area contributed by atoms with Crippen LogP contribution in [0.1, 0.15) is 11.5 Å². The van der Waals surface area contributed by atoms with Crippen LogP contribution in [0.25, 0.3) is 0 Å². The van der Waals surface area contributed by atoms with Crippen molar-refractivity contribution in [2.24, 2.45) is 10.7 Å². The first-order valence-corrected chi connectivity index (χ1v) is 6.24. The van der Waals surface area contributed by atoms with Crippen LogP contribution in [0.2, 0.25) is 0 Å². The Kier molecular flexibility index (Phi) is 2.88. The Labute approximate surface area is 120 Å². The maximum Gasteiger partial charge on any atom is 0.269 e. The number of hydrogen-bond donors (Lipinski definition) is 1. The van der Waals surface area contributed by atoms with Crippen LogP contribution in [-0.2, 0) is 0 Å². The summed E-state index contributed by atoms with van der Waals surface area (Å²) in [6, 6.07) is 8.43. The molecule has 1 heterocycles. The number of nitrogens with zero attached hydrogens (tertiary/aromatic N) is 3. The van der Waals surface area contributed by atoms with Gasteiger partial charge in [0, 0.05) is 23.6 Å². The highest BCUT2D eigenvalue weighted by Crippen LogP contribution is 2.40. The van der Waals surface area contributed by atoms with Crippen molar-refractivity contribution in [2.75, 3.05) is 0 Å². The summed E-state index contributed by atoms with van der Waals surface area (Å²) < 4.78 is 0. The molecule has 6 heteroatoms. The lowest BCUT2D eigenvalue weighted by Gasteiger charge is -2.18. The van der Waals surface area contributed by atoms with E-state index in [1.807, 2.05) is 12.2 Å². The number of nitrogens with two attached hydrogens (primary N) is 1. The second kappa shape index (κ2) is 4.72. The zero-order chi connectivity index (χ0) is 15.0. The average Bonchev–Trinajstić information content (AvgIpc) is 2.82. The van der Waals surface area contributed by atoms with Gasteiger partial charge in [-0.15, -0.1) is 0 Å². The molecule has 2 N–H and O–H groups in total. The molecular formula is C15H10N4O2. The topological polar surface area (TPSA) is 105 Å². The van der Waals surface area contributed by atoms with Crippen LogP contribution in [0.5, 0.6) is 0 Å². The van der Waals surface area contributed by atoms with Gasteiger partial charge in [-0.2, -0.15) is 5.26 Å². The van der Waals surface area contributed by atoms with E-state index < -0.39 is 4.92 Å². The largest absolute Gasteiger partial charge is 0.383 e. The quantitative estimate of drug-likeness (QED) is 0.661. The molecule has 3 rings (SSSR count). The minimum atomic E-state index is -0.439. The molecule has 1 aliphatic carbocycles. The van der Waals surface area contributed by atoms with Gasteiger partial charge in [0.25, 0.3) is 5.69 Å². The number of hydrogen-bond acceptors (Lipinski definition) is 5. The molecule has 1 aromatic carbocycles. The fourth-order valence-corrected chi connectivity index (χ4v) is 2.53. The van der Waals surface area contributed by atoms with Gasteiger partial charge in [-0.05, 0) is 11.6 Å². The molecule has 1 aromatic rings. The molecule has 2 aliphatic rings. The lowest BCUT2D eigenvalue weighted by Crippen LogP contribution is -2.12. The molecule has 1 aliphatic heterocycles. The molecule has 6 nitrogen and oxygen atoms in total. The number of non-ortho nitro benzene ring substituents is 1. The number of aliphatic imine (C=N–C) groups is 1. The Hall–Kier alpha value is -3.20. The SMILES string of the molecule is N#CC1=C2C(=CC=CC2c2cccc([N+](=O)[O-])c2)N=C1N. The standard InChI is InChI=1S/C15H10N4O2/c16-8-12-14-11(5-2-6-13(14)18-15(12)17)9-3-1-4-10(7-9)19(20)21/h1-7,11H,(H2,17,18).